The second kappa shape index (κ2) is 6.53. The van der Waals surface area contributed by atoms with Crippen LogP contribution in [0.4, 0.5) is 0 Å². The van der Waals surface area contributed by atoms with E-state index in [9.17, 15) is 4.79 Å². The quantitative estimate of drug-likeness (QED) is 0.817. The van der Waals surface area contributed by atoms with E-state index in [0.717, 1.165) is 19.6 Å². The van der Waals surface area contributed by atoms with Crippen LogP contribution in [0.2, 0.25) is 0 Å². The lowest BCUT2D eigenvalue weighted by Crippen LogP contribution is -2.49. The van der Waals surface area contributed by atoms with Gasteiger partial charge in [0, 0.05) is 31.7 Å². The molecule has 2 saturated heterocycles. The zero-order chi connectivity index (χ0) is 13.0. The summed E-state index contributed by atoms with van der Waals surface area (Å²) < 4.78 is 0. The molecule has 104 valence electrons. The van der Waals surface area contributed by atoms with Crippen molar-refractivity contribution in [3.63, 3.8) is 0 Å². The molecular formula is C14H27N3O. The van der Waals surface area contributed by atoms with E-state index in [0.29, 0.717) is 24.5 Å². The summed E-state index contributed by atoms with van der Waals surface area (Å²) in [5.74, 6) is 0.338. The summed E-state index contributed by atoms with van der Waals surface area (Å²) in [7, 11) is 2.03. The van der Waals surface area contributed by atoms with E-state index >= 15 is 0 Å². The Bertz CT molecular complexity index is 274. The first kappa shape index (κ1) is 13.8. The maximum atomic E-state index is 12.3. The Labute approximate surface area is 111 Å². The van der Waals surface area contributed by atoms with Gasteiger partial charge >= 0.3 is 0 Å². The molecular weight excluding hydrogens is 226 g/mol. The van der Waals surface area contributed by atoms with Gasteiger partial charge in [-0.05, 0) is 46.1 Å². The minimum atomic E-state index is 0.338. The van der Waals surface area contributed by atoms with Crippen molar-refractivity contribution in [3.8, 4) is 0 Å². The van der Waals surface area contributed by atoms with Gasteiger partial charge in [0.1, 0.15) is 0 Å². The molecule has 1 atom stereocenters. The number of amides is 1. The molecule has 0 aliphatic carbocycles. The molecule has 2 rings (SSSR count). The Morgan fingerprint density at radius 3 is 2.50 bits per heavy atom. The lowest BCUT2D eigenvalue weighted by atomic mass is 10.0. The Kier molecular flexibility index (Phi) is 5.01. The first-order valence-electron chi connectivity index (χ1n) is 7.40. The molecule has 1 N–H and O–H groups in total. The fourth-order valence-corrected chi connectivity index (χ4v) is 3.13. The van der Waals surface area contributed by atoms with Crippen molar-refractivity contribution in [2.75, 3.05) is 33.2 Å². The number of carbonyl (C=O) groups excluding carboxylic acids is 1. The summed E-state index contributed by atoms with van der Waals surface area (Å²) in [6.07, 6.45) is 5.96. The van der Waals surface area contributed by atoms with Gasteiger partial charge in [-0.25, -0.2) is 0 Å². The van der Waals surface area contributed by atoms with Gasteiger partial charge in [-0.3, -0.25) is 9.69 Å². The first-order chi connectivity index (χ1) is 8.70. The summed E-state index contributed by atoms with van der Waals surface area (Å²) in [6.45, 7) is 5.89. The fraction of sp³-hybridized carbons (Fsp3) is 0.929. The minimum absolute atomic E-state index is 0.338. The van der Waals surface area contributed by atoms with Crippen molar-refractivity contribution >= 4 is 5.91 Å². The van der Waals surface area contributed by atoms with Crippen LogP contribution in [-0.2, 0) is 4.79 Å². The number of nitrogens with zero attached hydrogens (tertiary/aromatic N) is 2. The van der Waals surface area contributed by atoms with E-state index in [1.54, 1.807) is 0 Å². The first-order valence-corrected chi connectivity index (χ1v) is 7.40. The highest BCUT2D eigenvalue weighted by Crippen LogP contribution is 2.17. The van der Waals surface area contributed by atoms with Crippen LogP contribution in [0.1, 0.15) is 39.0 Å². The van der Waals surface area contributed by atoms with Crippen molar-refractivity contribution in [1.29, 1.82) is 0 Å². The molecule has 0 bridgehead atoms. The molecule has 2 fully saturated rings. The molecule has 0 spiro atoms. The van der Waals surface area contributed by atoms with E-state index in [2.05, 4.69) is 22.0 Å². The lowest BCUT2D eigenvalue weighted by molar-refractivity contribution is -0.135. The van der Waals surface area contributed by atoms with Gasteiger partial charge in [-0.1, -0.05) is 0 Å². The molecule has 4 heteroatoms. The van der Waals surface area contributed by atoms with Crippen LogP contribution in [0.25, 0.3) is 0 Å². The molecule has 0 aromatic carbocycles. The van der Waals surface area contributed by atoms with Gasteiger partial charge < -0.3 is 10.2 Å². The second-order valence-electron chi connectivity index (χ2n) is 5.77. The third-order valence-electron chi connectivity index (χ3n) is 4.48. The Balaban J connectivity index is 1.77. The molecule has 1 unspecified atom stereocenters. The summed E-state index contributed by atoms with van der Waals surface area (Å²) in [6, 6.07) is 1.09. The molecule has 2 aliphatic heterocycles. The van der Waals surface area contributed by atoms with Crippen LogP contribution in [-0.4, -0.2) is 61.0 Å². The predicted octanol–water partition coefficient (Wildman–Crippen LogP) is 1.07. The zero-order valence-electron chi connectivity index (χ0n) is 11.8. The van der Waals surface area contributed by atoms with Gasteiger partial charge in [-0.15, -0.1) is 0 Å². The second-order valence-corrected chi connectivity index (χ2v) is 5.77. The van der Waals surface area contributed by atoms with Crippen molar-refractivity contribution in [1.82, 2.24) is 15.1 Å². The van der Waals surface area contributed by atoms with Crippen LogP contribution in [0.15, 0.2) is 0 Å². The van der Waals surface area contributed by atoms with Crippen LogP contribution in [0.3, 0.4) is 0 Å². The molecule has 1 amide bonds. The van der Waals surface area contributed by atoms with Gasteiger partial charge in [0.15, 0.2) is 0 Å². The molecule has 2 aliphatic rings. The maximum Gasteiger partial charge on any atom is 0.236 e. The molecule has 18 heavy (non-hydrogen) atoms. The van der Waals surface area contributed by atoms with E-state index in [-0.39, 0.29) is 0 Å². The zero-order valence-corrected chi connectivity index (χ0v) is 11.8. The molecule has 0 radical (unpaired) electrons. The van der Waals surface area contributed by atoms with Gasteiger partial charge in [0.2, 0.25) is 5.91 Å². The SMILES string of the molecule is CNC1CCN(CC(=O)N2CCCCC2C)CC1. The maximum absolute atomic E-state index is 12.3. The molecule has 2 heterocycles. The highest BCUT2D eigenvalue weighted by Gasteiger charge is 2.26. The molecule has 0 aromatic heterocycles. The standard InChI is InChI=1S/C14H27N3O/c1-12-5-3-4-8-17(12)14(18)11-16-9-6-13(15-2)7-10-16/h12-13,15H,3-11H2,1-2H3. The van der Waals surface area contributed by atoms with Gasteiger partial charge in [-0.2, -0.15) is 0 Å². The lowest BCUT2D eigenvalue weighted by Gasteiger charge is -2.37. The van der Waals surface area contributed by atoms with Crippen molar-refractivity contribution in [2.45, 2.75) is 51.1 Å². The van der Waals surface area contributed by atoms with Crippen LogP contribution < -0.4 is 5.32 Å². The fourth-order valence-electron chi connectivity index (χ4n) is 3.13. The van der Waals surface area contributed by atoms with Gasteiger partial charge in [0.05, 0.1) is 6.54 Å². The summed E-state index contributed by atoms with van der Waals surface area (Å²) >= 11 is 0. The third-order valence-corrected chi connectivity index (χ3v) is 4.48. The number of nitrogens with one attached hydrogen (secondary N) is 1. The average Bonchev–Trinajstić information content (AvgIpc) is 2.40. The largest absolute Gasteiger partial charge is 0.339 e. The van der Waals surface area contributed by atoms with E-state index in [4.69, 9.17) is 0 Å². The normalized spacial score (nSPS) is 27.4. The smallest absolute Gasteiger partial charge is 0.236 e. The van der Waals surface area contributed by atoms with Crippen molar-refractivity contribution in [3.05, 3.63) is 0 Å². The van der Waals surface area contributed by atoms with Crippen LogP contribution >= 0.6 is 0 Å². The van der Waals surface area contributed by atoms with E-state index in [1.807, 2.05) is 7.05 Å². The van der Waals surface area contributed by atoms with E-state index in [1.165, 1.54) is 32.1 Å². The van der Waals surface area contributed by atoms with Crippen molar-refractivity contribution in [2.24, 2.45) is 0 Å². The topological polar surface area (TPSA) is 35.6 Å². The molecule has 4 nitrogen and oxygen atoms in total. The number of carbonyl (C=O) groups is 1. The average molecular weight is 253 g/mol. The number of hydrogen-bond acceptors (Lipinski definition) is 3. The number of hydrogen-bond donors (Lipinski definition) is 1. The number of rotatable bonds is 3. The Hall–Kier alpha value is -0.610. The Morgan fingerprint density at radius 2 is 1.89 bits per heavy atom. The highest BCUT2D eigenvalue weighted by atomic mass is 16.2. The third kappa shape index (κ3) is 3.45. The summed E-state index contributed by atoms with van der Waals surface area (Å²) in [5, 5.41) is 3.33. The molecule has 0 aromatic rings. The predicted molar refractivity (Wildman–Crippen MR) is 73.5 cm³/mol. The van der Waals surface area contributed by atoms with Crippen LogP contribution in [0, 0.1) is 0 Å². The van der Waals surface area contributed by atoms with E-state index < -0.39 is 0 Å². The monoisotopic (exact) mass is 253 g/mol. The Morgan fingerprint density at radius 1 is 1.17 bits per heavy atom. The highest BCUT2D eigenvalue weighted by molar-refractivity contribution is 5.78. The number of piperidine rings is 2. The number of likely N-dealkylation sites (tertiary alicyclic amines) is 2. The summed E-state index contributed by atoms with van der Waals surface area (Å²) in [5.41, 5.74) is 0. The van der Waals surface area contributed by atoms with Gasteiger partial charge in [0.25, 0.3) is 0 Å². The summed E-state index contributed by atoms with van der Waals surface area (Å²) in [4.78, 5) is 16.7. The molecule has 0 saturated carbocycles. The minimum Gasteiger partial charge on any atom is -0.339 e. The van der Waals surface area contributed by atoms with Crippen LogP contribution in [0.5, 0.6) is 0 Å². The van der Waals surface area contributed by atoms with Crippen molar-refractivity contribution < 1.29 is 4.79 Å².